The van der Waals surface area contributed by atoms with Crippen molar-refractivity contribution in [2.45, 2.75) is 20.4 Å². The molecule has 2 aromatic rings. The number of para-hydroxylation sites is 1. The van der Waals surface area contributed by atoms with Crippen LogP contribution in [0.2, 0.25) is 0 Å². The quantitative estimate of drug-likeness (QED) is 0.912. The molecule has 5 nitrogen and oxygen atoms in total. The smallest absolute Gasteiger partial charge is 0.315 e. The molecule has 100 valence electrons. The fourth-order valence-corrected chi connectivity index (χ4v) is 1.92. The molecule has 2 N–H and O–H groups in total. The zero-order valence-corrected chi connectivity index (χ0v) is 11.2. The molecule has 0 aliphatic carbocycles. The second kappa shape index (κ2) is 5.56. The van der Waals surface area contributed by atoms with Gasteiger partial charge in [0.15, 0.2) is 0 Å². The summed E-state index contributed by atoms with van der Waals surface area (Å²) in [5.41, 5.74) is 8.23. The minimum absolute atomic E-state index is 0.408. The van der Waals surface area contributed by atoms with Gasteiger partial charge in [-0.1, -0.05) is 18.2 Å². The Hall–Kier alpha value is -2.30. The van der Waals surface area contributed by atoms with Crippen molar-refractivity contribution in [3.05, 3.63) is 47.8 Å². The van der Waals surface area contributed by atoms with Gasteiger partial charge in [-0.3, -0.25) is 0 Å². The predicted octanol–water partition coefficient (Wildman–Crippen LogP) is 2.08. The monoisotopic (exact) mass is 258 g/mol. The van der Waals surface area contributed by atoms with Crippen LogP contribution in [0.3, 0.4) is 0 Å². The fraction of sp³-hybridized carbons (Fsp3) is 0.286. The standard InChI is InChI=1S/C14H18N4O/c1-3-17(14(15)19)9-12-10-18(16-11(12)2)13-7-5-4-6-8-13/h4-8,10H,3,9H2,1-2H3,(H2,15,19). The summed E-state index contributed by atoms with van der Waals surface area (Å²) in [4.78, 5) is 12.8. The summed E-state index contributed by atoms with van der Waals surface area (Å²) in [7, 11) is 0. The van der Waals surface area contributed by atoms with E-state index in [1.54, 1.807) is 4.90 Å². The number of nitrogens with zero attached hydrogens (tertiary/aromatic N) is 3. The number of hydrogen-bond donors (Lipinski definition) is 1. The molecule has 0 saturated carbocycles. The summed E-state index contributed by atoms with van der Waals surface area (Å²) >= 11 is 0. The average molecular weight is 258 g/mol. The molecule has 0 unspecified atom stereocenters. The second-order valence-corrected chi connectivity index (χ2v) is 4.37. The molecule has 0 spiro atoms. The number of aromatic nitrogens is 2. The van der Waals surface area contributed by atoms with Crippen LogP contribution in [-0.4, -0.2) is 27.3 Å². The van der Waals surface area contributed by atoms with Crippen LogP contribution < -0.4 is 5.73 Å². The Morgan fingerprint density at radius 1 is 1.37 bits per heavy atom. The topological polar surface area (TPSA) is 64.2 Å². The van der Waals surface area contributed by atoms with Gasteiger partial charge in [0.25, 0.3) is 0 Å². The minimum Gasteiger partial charge on any atom is -0.351 e. The number of rotatable bonds is 4. The van der Waals surface area contributed by atoms with Crippen molar-refractivity contribution in [1.82, 2.24) is 14.7 Å². The molecule has 2 rings (SSSR count). The van der Waals surface area contributed by atoms with Gasteiger partial charge in [-0.15, -0.1) is 0 Å². The summed E-state index contributed by atoms with van der Waals surface area (Å²) in [5.74, 6) is 0. The normalized spacial score (nSPS) is 10.4. The maximum absolute atomic E-state index is 11.2. The first-order chi connectivity index (χ1) is 9.11. The molecule has 1 heterocycles. The van der Waals surface area contributed by atoms with Crippen molar-refractivity contribution in [2.75, 3.05) is 6.54 Å². The lowest BCUT2D eigenvalue weighted by Gasteiger charge is -2.17. The molecule has 1 aromatic heterocycles. The molecule has 0 radical (unpaired) electrons. The average Bonchev–Trinajstić information content (AvgIpc) is 2.78. The number of urea groups is 1. The SMILES string of the molecule is CCN(Cc1cn(-c2ccccc2)nc1C)C(N)=O. The highest BCUT2D eigenvalue weighted by Crippen LogP contribution is 2.13. The van der Waals surface area contributed by atoms with Crippen LogP contribution in [0.5, 0.6) is 0 Å². The van der Waals surface area contributed by atoms with Gasteiger partial charge in [0.05, 0.1) is 17.9 Å². The van der Waals surface area contributed by atoms with E-state index in [0.29, 0.717) is 13.1 Å². The molecular weight excluding hydrogens is 240 g/mol. The maximum Gasteiger partial charge on any atom is 0.315 e. The molecule has 0 aliphatic rings. The van der Waals surface area contributed by atoms with Crippen molar-refractivity contribution in [2.24, 2.45) is 5.73 Å². The lowest BCUT2D eigenvalue weighted by atomic mass is 10.2. The maximum atomic E-state index is 11.2. The highest BCUT2D eigenvalue weighted by Gasteiger charge is 2.12. The first-order valence-electron chi connectivity index (χ1n) is 6.26. The number of primary amides is 1. The van der Waals surface area contributed by atoms with Crippen LogP contribution in [0.4, 0.5) is 4.79 Å². The number of aryl methyl sites for hydroxylation is 1. The number of carbonyl (C=O) groups is 1. The minimum atomic E-state index is -0.408. The van der Waals surface area contributed by atoms with E-state index in [4.69, 9.17) is 5.73 Å². The van der Waals surface area contributed by atoms with Crippen LogP contribution in [0.15, 0.2) is 36.5 Å². The zero-order valence-electron chi connectivity index (χ0n) is 11.2. The molecule has 0 bridgehead atoms. The number of nitrogens with two attached hydrogens (primary N) is 1. The van der Waals surface area contributed by atoms with E-state index in [-0.39, 0.29) is 0 Å². The van der Waals surface area contributed by atoms with E-state index in [1.807, 2.05) is 55.1 Å². The van der Waals surface area contributed by atoms with Crippen molar-refractivity contribution < 1.29 is 4.79 Å². The van der Waals surface area contributed by atoms with Gasteiger partial charge >= 0.3 is 6.03 Å². The summed E-state index contributed by atoms with van der Waals surface area (Å²) in [5, 5.41) is 4.47. The van der Waals surface area contributed by atoms with Gasteiger partial charge in [0, 0.05) is 18.3 Å². The van der Waals surface area contributed by atoms with Gasteiger partial charge in [-0.05, 0) is 26.0 Å². The predicted molar refractivity (Wildman–Crippen MR) is 74.0 cm³/mol. The molecule has 5 heteroatoms. The highest BCUT2D eigenvalue weighted by molar-refractivity contribution is 5.71. The van der Waals surface area contributed by atoms with Gasteiger partial charge in [0.1, 0.15) is 0 Å². The summed E-state index contributed by atoms with van der Waals surface area (Å²) in [6.45, 7) is 4.92. The Morgan fingerprint density at radius 2 is 2.05 bits per heavy atom. The number of carbonyl (C=O) groups excluding carboxylic acids is 1. The van der Waals surface area contributed by atoms with E-state index in [0.717, 1.165) is 16.9 Å². The van der Waals surface area contributed by atoms with Crippen LogP contribution in [-0.2, 0) is 6.54 Å². The highest BCUT2D eigenvalue weighted by atomic mass is 16.2. The number of amides is 2. The third-order valence-corrected chi connectivity index (χ3v) is 3.08. The number of benzene rings is 1. The van der Waals surface area contributed by atoms with Crippen LogP contribution in [0, 0.1) is 6.92 Å². The van der Waals surface area contributed by atoms with Crippen molar-refractivity contribution in [3.8, 4) is 5.69 Å². The van der Waals surface area contributed by atoms with Crippen molar-refractivity contribution in [1.29, 1.82) is 0 Å². The molecule has 1 aromatic carbocycles. The Morgan fingerprint density at radius 3 is 2.63 bits per heavy atom. The van der Waals surface area contributed by atoms with Crippen molar-refractivity contribution in [3.63, 3.8) is 0 Å². The molecule has 0 fully saturated rings. The van der Waals surface area contributed by atoms with E-state index in [1.165, 1.54) is 0 Å². The Bertz CT molecular complexity index is 562. The third-order valence-electron chi connectivity index (χ3n) is 3.08. The molecular formula is C14H18N4O. The zero-order chi connectivity index (χ0) is 13.8. The van der Waals surface area contributed by atoms with E-state index < -0.39 is 6.03 Å². The first-order valence-corrected chi connectivity index (χ1v) is 6.26. The second-order valence-electron chi connectivity index (χ2n) is 4.37. The van der Waals surface area contributed by atoms with E-state index in [9.17, 15) is 4.79 Å². The molecule has 0 atom stereocenters. The van der Waals surface area contributed by atoms with E-state index >= 15 is 0 Å². The summed E-state index contributed by atoms with van der Waals surface area (Å²) in [6.07, 6.45) is 1.94. The first kappa shape index (κ1) is 13.1. The van der Waals surface area contributed by atoms with Crippen LogP contribution in [0.1, 0.15) is 18.2 Å². The fourth-order valence-electron chi connectivity index (χ4n) is 1.92. The molecule has 0 aliphatic heterocycles. The molecule has 19 heavy (non-hydrogen) atoms. The van der Waals surface area contributed by atoms with Crippen molar-refractivity contribution >= 4 is 6.03 Å². The Labute approximate surface area is 112 Å². The van der Waals surface area contributed by atoms with Gasteiger partial charge < -0.3 is 10.6 Å². The van der Waals surface area contributed by atoms with E-state index in [2.05, 4.69) is 5.10 Å². The molecule has 0 saturated heterocycles. The Balaban J connectivity index is 2.24. The molecule has 2 amide bonds. The van der Waals surface area contributed by atoms with Gasteiger partial charge in [-0.2, -0.15) is 5.10 Å². The Kier molecular flexibility index (Phi) is 3.85. The number of hydrogen-bond acceptors (Lipinski definition) is 2. The van der Waals surface area contributed by atoms with Crippen LogP contribution >= 0.6 is 0 Å². The van der Waals surface area contributed by atoms with Crippen LogP contribution in [0.25, 0.3) is 5.69 Å². The lowest BCUT2D eigenvalue weighted by Crippen LogP contribution is -2.34. The van der Waals surface area contributed by atoms with Gasteiger partial charge in [-0.25, -0.2) is 9.48 Å². The third kappa shape index (κ3) is 2.93. The van der Waals surface area contributed by atoms with Gasteiger partial charge in [0.2, 0.25) is 0 Å². The lowest BCUT2D eigenvalue weighted by molar-refractivity contribution is 0.208. The summed E-state index contributed by atoms with van der Waals surface area (Å²) in [6, 6.07) is 9.47. The summed E-state index contributed by atoms with van der Waals surface area (Å²) < 4.78 is 1.82. The largest absolute Gasteiger partial charge is 0.351 e.